The summed E-state index contributed by atoms with van der Waals surface area (Å²) in [6.45, 7) is 12.9. The lowest BCUT2D eigenvalue weighted by molar-refractivity contribution is 0.150. The highest BCUT2D eigenvalue weighted by Crippen LogP contribution is 2.46. The number of aliphatic imine (C=N–C) groups is 2. The van der Waals surface area contributed by atoms with Gasteiger partial charge in [0, 0.05) is 38.4 Å². The molecule has 1 unspecified atom stereocenters. The Morgan fingerprint density at radius 2 is 1.75 bits per heavy atom. The molecule has 1 saturated heterocycles. The van der Waals surface area contributed by atoms with E-state index in [1.165, 1.54) is 35.2 Å². The molecule has 5 nitrogen and oxygen atoms in total. The van der Waals surface area contributed by atoms with Crippen LogP contribution in [0.2, 0.25) is 0 Å². The molecule has 2 aliphatic heterocycles. The van der Waals surface area contributed by atoms with Crippen molar-refractivity contribution in [1.82, 2.24) is 10.2 Å². The van der Waals surface area contributed by atoms with E-state index in [2.05, 4.69) is 62.3 Å². The first-order chi connectivity index (χ1) is 15.3. The van der Waals surface area contributed by atoms with Crippen LogP contribution in [0.25, 0.3) is 0 Å². The van der Waals surface area contributed by atoms with Gasteiger partial charge in [-0.3, -0.25) is 9.89 Å². The fourth-order valence-corrected chi connectivity index (χ4v) is 5.47. The molecule has 3 aliphatic rings. The van der Waals surface area contributed by atoms with Gasteiger partial charge in [0.15, 0.2) is 6.29 Å². The van der Waals surface area contributed by atoms with E-state index in [0.717, 1.165) is 51.7 Å². The summed E-state index contributed by atoms with van der Waals surface area (Å²) < 4.78 is 0. The lowest BCUT2D eigenvalue weighted by Gasteiger charge is -2.42. The van der Waals surface area contributed by atoms with Crippen LogP contribution < -0.4 is 5.32 Å². The van der Waals surface area contributed by atoms with E-state index in [1.54, 1.807) is 0 Å². The number of benzene rings is 1. The van der Waals surface area contributed by atoms with Gasteiger partial charge in [-0.25, -0.2) is 4.99 Å². The third-order valence-electron chi connectivity index (χ3n) is 7.85. The van der Waals surface area contributed by atoms with Gasteiger partial charge in [0.1, 0.15) is 0 Å². The second-order valence-corrected chi connectivity index (χ2v) is 11.2. The molecule has 5 heteroatoms. The van der Waals surface area contributed by atoms with Crippen LogP contribution in [0.5, 0.6) is 0 Å². The molecule has 32 heavy (non-hydrogen) atoms. The van der Waals surface area contributed by atoms with E-state index in [0.29, 0.717) is 12.6 Å². The number of rotatable bonds is 7. The molecule has 4 rings (SSSR count). The van der Waals surface area contributed by atoms with Crippen molar-refractivity contribution in [2.75, 3.05) is 26.2 Å². The van der Waals surface area contributed by atoms with Crippen LogP contribution in [0, 0.1) is 0 Å². The molecule has 176 valence electrons. The summed E-state index contributed by atoms with van der Waals surface area (Å²) in [7, 11) is 0. The Bertz CT molecular complexity index is 849. The van der Waals surface area contributed by atoms with Crippen molar-refractivity contribution in [3.8, 4) is 0 Å². The number of aliphatic hydroxyl groups excluding tert-OH is 1. The van der Waals surface area contributed by atoms with E-state index < -0.39 is 0 Å². The number of likely N-dealkylation sites (tertiary alicyclic amines) is 1. The van der Waals surface area contributed by atoms with Crippen molar-refractivity contribution in [1.29, 1.82) is 0 Å². The van der Waals surface area contributed by atoms with Gasteiger partial charge in [-0.1, -0.05) is 39.8 Å². The van der Waals surface area contributed by atoms with Gasteiger partial charge in [-0.05, 0) is 78.7 Å². The van der Waals surface area contributed by atoms with Crippen molar-refractivity contribution < 1.29 is 5.11 Å². The highest BCUT2D eigenvalue weighted by atomic mass is 16.2. The normalized spacial score (nSPS) is 25.4. The highest BCUT2D eigenvalue weighted by Gasteiger charge is 2.37. The molecule has 0 aromatic heterocycles. The number of aliphatic hydroxyl groups is 1. The molecular formula is C27H42N4O. The Morgan fingerprint density at radius 3 is 2.47 bits per heavy atom. The van der Waals surface area contributed by atoms with Crippen LogP contribution in [0.3, 0.4) is 0 Å². The summed E-state index contributed by atoms with van der Waals surface area (Å²) in [6.07, 6.45) is 9.50. The SMILES string of the molecule is CC1(C)CCC(C)(C)c2cc(C3=NC(N4CCC(NCCCCO)CC4)N=CC3)ccc21. The maximum Gasteiger partial charge on any atom is 0.196 e. The summed E-state index contributed by atoms with van der Waals surface area (Å²) >= 11 is 0. The van der Waals surface area contributed by atoms with Crippen molar-refractivity contribution in [2.24, 2.45) is 9.98 Å². The molecule has 1 aliphatic carbocycles. The summed E-state index contributed by atoms with van der Waals surface area (Å²) in [4.78, 5) is 12.3. The molecule has 0 amide bonds. The minimum Gasteiger partial charge on any atom is -0.396 e. The Morgan fingerprint density at radius 1 is 1.03 bits per heavy atom. The van der Waals surface area contributed by atoms with E-state index in [4.69, 9.17) is 15.1 Å². The summed E-state index contributed by atoms with van der Waals surface area (Å²) in [6, 6.07) is 7.66. The average Bonchev–Trinajstić information content (AvgIpc) is 2.80. The number of piperidine rings is 1. The van der Waals surface area contributed by atoms with Gasteiger partial charge >= 0.3 is 0 Å². The third kappa shape index (κ3) is 5.16. The van der Waals surface area contributed by atoms with E-state index in [9.17, 15) is 0 Å². The minimum atomic E-state index is -0.0745. The molecule has 1 aromatic rings. The summed E-state index contributed by atoms with van der Waals surface area (Å²) in [5.74, 6) is 0. The molecule has 2 N–H and O–H groups in total. The van der Waals surface area contributed by atoms with Crippen LogP contribution in [0.1, 0.15) is 89.3 Å². The number of nitrogens with zero attached hydrogens (tertiary/aromatic N) is 3. The molecule has 0 saturated carbocycles. The van der Waals surface area contributed by atoms with Gasteiger partial charge in [0.2, 0.25) is 0 Å². The van der Waals surface area contributed by atoms with Crippen molar-refractivity contribution in [3.05, 3.63) is 34.9 Å². The monoisotopic (exact) mass is 438 g/mol. The largest absolute Gasteiger partial charge is 0.396 e. The third-order valence-corrected chi connectivity index (χ3v) is 7.85. The first-order valence-electron chi connectivity index (χ1n) is 12.6. The number of hydrogen-bond donors (Lipinski definition) is 2. The number of fused-ring (bicyclic) bond motifs is 1. The number of unbranched alkanes of at least 4 members (excludes halogenated alkanes) is 1. The standard InChI is InChI=1S/C27H42N4O/c1-26(2)12-13-27(3,4)23-19-20(7-8-22(23)26)24-9-15-29-25(30-24)31-16-10-21(11-17-31)28-14-5-6-18-32/h7-8,15,19,21,25,28,32H,5-6,9-14,16-18H2,1-4H3. The predicted octanol–water partition coefficient (Wildman–Crippen LogP) is 4.41. The summed E-state index contributed by atoms with van der Waals surface area (Å²) in [5, 5.41) is 12.6. The van der Waals surface area contributed by atoms with Gasteiger partial charge in [-0.15, -0.1) is 0 Å². The average molecular weight is 439 g/mol. The maximum atomic E-state index is 8.93. The van der Waals surface area contributed by atoms with Crippen molar-refractivity contribution in [3.63, 3.8) is 0 Å². The molecule has 1 aromatic carbocycles. The minimum absolute atomic E-state index is 0.0745. The topological polar surface area (TPSA) is 60.2 Å². The second kappa shape index (κ2) is 9.74. The molecule has 0 spiro atoms. The Hall–Kier alpha value is -1.56. The van der Waals surface area contributed by atoms with Gasteiger partial charge in [-0.2, -0.15) is 0 Å². The molecule has 1 fully saturated rings. The molecule has 2 heterocycles. The van der Waals surface area contributed by atoms with Gasteiger partial charge in [0.05, 0.1) is 5.71 Å². The fourth-order valence-electron chi connectivity index (χ4n) is 5.47. The smallest absolute Gasteiger partial charge is 0.196 e. The molecule has 1 atom stereocenters. The van der Waals surface area contributed by atoms with E-state index in [1.807, 2.05) is 0 Å². The predicted molar refractivity (Wildman–Crippen MR) is 134 cm³/mol. The fraction of sp³-hybridized carbons (Fsp3) is 0.704. The highest BCUT2D eigenvalue weighted by molar-refractivity contribution is 6.08. The van der Waals surface area contributed by atoms with Crippen LogP contribution in [0.15, 0.2) is 28.2 Å². The molecule has 0 bridgehead atoms. The van der Waals surface area contributed by atoms with Crippen molar-refractivity contribution in [2.45, 2.75) is 95.8 Å². The maximum absolute atomic E-state index is 8.93. The Balaban J connectivity index is 1.43. The van der Waals surface area contributed by atoms with Crippen LogP contribution in [-0.2, 0) is 10.8 Å². The first-order valence-corrected chi connectivity index (χ1v) is 12.6. The Labute approximate surface area is 194 Å². The van der Waals surface area contributed by atoms with Crippen LogP contribution >= 0.6 is 0 Å². The lowest BCUT2D eigenvalue weighted by Crippen LogP contribution is -2.46. The summed E-state index contributed by atoms with van der Waals surface area (Å²) in [5.41, 5.74) is 5.92. The zero-order valence-corrected chi connectivity index (χ0v) is 20.5. The van der Waals surface area contributed by atoms with E-state index in [-0.39, 0.29) is 17.1 Å². The van der Waals surface area contributed by atoms with Crippen molar-refractivity contribution >= 4 is 11.9 Å². The van der Waals surface area contributed by atoms with E-state index >= 15 is 0 Å². The second-order valence-electron chi connectivity index (χ2n) is 11.2. The quantitative estimate of drug-likeness (QED) is 0.620. The zero-order chi connectivity index (χ0) is 22.8. The van der Waals surface area contributed by atoms with Gasteiger partial charge in [0.25, 0.3) is 0 Å². The molecule has 0 radical (unpaired) electrons. The zero-order valence-electron chi connectivity index (χ0n) is 20.5. The first kappa shape index (κ1) is 23.6. The van der Waals surface area contributed by atoms with Crippen LogP contribution in [-0.4, -0.2) is 60.5 Å². The number of nitrogens with one attached hydrogen (secondary N) is 1. The number of hydrogen-bond acceptors (Lipinski definition) is 5. The van der Waals surface area contributed by atoms with Gasteiger partial charge < -0.3 is 10.4 Å². The lowest BCUT2D eigenvalue weighted by atomic mass is 9.63. The Kier molecular flexibility index (Phi) is 7.18. The molecular weight excluding hydrogens is 396 g/mol. The van der Waals surface area contributed by atoms with Crippen LogP contribution in [0.4, 0.5) is 0 Å².